The van der Waals surface area contributed by atoms with Gasteiger partial charge in [0.1, 0.15) is 11.2 Å². The summed E-state index contributed by atoms with van der Waals surface area (Å²) in [6.07, 6.45) is 1.82. The fourth-order valence-corrected chi connectivity index (χ4v) is 7.91. The minimum atomic E-state index is 0.600. The first-order valence-electron chi connectivity index (χ1n) is 16.5. The lowest BCUT2D eigenvalue weighted by atomic mass is 9.99. The van der Waals surface area contributed by atoms with Crippen LogP contribution in [0.5, 0.6) is 0 Å². The van der Waals surface area contributed by atoms with E-state index in [1.165, 1.54) is 20.2 Å². The van der Waals surface area contributed by atoms with Crippen LogP contribution >= 0.6 is 11.3 Å². The van der Waals surface area contributed by atoms with E-state index >= 15 is 0 Å². The van der Waals surface area contributed by atoms with Crippen molar-refractivity contribution in [1.82, 2.24) is 19.9 Å². The molecule has 0 N–H and O–H groups in total. The van der Waals surface area contributed by atoms with Crippen LogP contribution < -0.4 is 0 Å². The van der Waals surface area contributed by atoms with Crippen LogP contribution in [0.3, 0.4) is 0 Å². The van der Waals surface area contributed by atoms with Gasteiger partial charge in [-0.3, -0.25) is 4.98 Å². The number of rotatable bonds is 5. The van der Waals surface area contributed by atoms with Crippen LogP contribution in [0.25, 0.3) is 98.7 Å². The Morgan fingerprint density at radius 2 is 1.12 bits per heavy atom. The summed E-state index contributed by atoms with van der Waals surface area (Å²) in [7, 11) is 0. The van der Waals surface area contributed by atoms with Crippen LogP contribution in [0.1, 0.15) is 0 Å². The van der Waals surface area contributed by atoms with Crippen molar-refractivity contribution in [2.45, 2.75) is 0 Å². The largest absolute Gasteiger partial charge is 0.455 e. The zero-order valence-corrected chi connectivity index (χ0v) is 27.4. The molecule has 234 valence electrons. The van der Waals surface area contributed by atoms with E-state index in [0.29, 0.717) is 17.5 Å². The lowest BCUT2D eigenvalue weighted by molar-refractivity contribution is 0.670. The maximum absolute atomic E-state index is 6.64. The fraction of sp³-hybridized carbons (Fsp3) is 0. The van der Waals surface area contributed by atoms with Gasteiger partial charge in [0.2, 0.25) is 0 Å². The SMILES string of the molecule is c1ccc(-c2nc(-c3ccc4sc5ccccc5c4c3)nc(-c3cccc4oc5c(-c6ccc(-c7ccccn7)cc6)cccc5c34)n2)cc1. The molecular formula is C44H26N4OS. The number of benzene rings is 6. The molecule has 6 aromatic carbocycles. The molecule has 0 aliphatic heterocycles. The third-order valence-corrected chi connectivity index (χ3v) is 10.4. The molecule has 10 rings (SSSR count). The molecule has 0 saturated heterocycles. The minimum Gasteiger partial charge on any atom is -0.455 e. The van der Waals surface area contributed by atoms with Gasteiger partial charge in [0.05, 0.1) is 5.69 Å². The molecule has 0 aliphatic carbocycles. The van der Waals surface area contributed by atoms with Crippen LogP contribution in [0.2, 0.25) is 0 Å². The number of furan rings is 1. The average Bonchev–Trinajstić information content (AvgIpc) is 3.77. The zero-order valence-electron chi connectivity index (χ0n) is 26.6. The van der Waals surface area contributed by atoms with Gasteiger partial charge >= 0.3 is 0 Å². The molecule has 0 radical (unpaired) electrons. The van der Waals surface area contributed by atoms with Crippen molar-refractivity contribution in [1.29, 1.82) is 0 Å². The molecule has 0 unspecified atom stereocenters. The number of fused-ring (bicyclic) bond motifs is 6. The molecule has 6 heteroatoms. The first-order valence-corrected chi connectivity index (χ1v) is 17.3. The Morgan fingerprint density at radius 3 is 1.98 bits per heavy atom. The van der Waals surface area contributed by atoms with Gasteiger partial charge < -0.3 is 4.42 Å². The van der Waals surface area contributed by atoms with E-state index in [0.717, 1.165) is 61.0 Å². The van der Waals surface area contributed by atoms with Crippen molar-refractivity contribution >= 4 is 53.4 Å². The van der Waals surface area contributed by atoms with E-state index in [4.69, 9.17) is 19.4 Å². The molecule has 4 aromatic heterocycles. The maximum atomic E-state index is 6.64. The van der Waals surface area contributed by atoms with Crippen molar-refractivity contribution in [2.75, 3.05) is 0 Å². The third-order valence-electron chi connectivity index (χ3n) is 9.22. The van der Waals surface area contributed by atoms with E-state index < -0.39 is 0 Å². The Balaban J connectivity index is 1.15. The van der Waals surface area contributed by atoms with Gasteiger partial charge in [0.25, 0.3) is 0 Å². The van der Waals surface area contributed by atoms with Gasteiger partial charge in [0, 0.05) is 65.0 Å². The van der Waals surface area contributed by atoms with Gasteiger partial charge in [-0.1, -0.05) is 109 Å². The van der Waals surface area contributed by atoms with Gasteiger partial charge in [0.15, 0.2) is 17.5 Å². The highest BCUT2D eigenvalue weighted by atomic mass is 32.1. The summed E-state index contributed by atoms with van der Waals surface area (Å²) < 4.78 is 9.15. The average molecular weight is 659 g/mol. The Bertz CT molecular complexity index is 2860. The highest BCUT2D eigenvalue weighted by molar-refractivity contribution is 7.25. The molecule has 4 heterocycles. The number of para-hydroxylation sites is 1. The Hall–Kier alpha value is -6.50. The molecule has 0 spiro atoms. The molecule has 50 heavy (non-hydrogen) atoms. The second-order valence-electron chi connectivity index (χ2n) is 12.2. The molecule has 10 aromatic rings. The number of thiophene rings is 1. The monoisotopic (exact) mass is 658 g/mol. The Kier molecular flexibility index (Phi) is 6.60. The van der Waals surface area contributed by atoms with Gasteiger partial charge in [-0.15, -0.1) is 11.3 Å². The summed E-state index contributed by atoms with van der Waals surface area (Å²) in [5, 5.41) is 4.43. The highest BCUT2D eigenvalue weighted by Crippen LogP contribution is 2.41. The molecule has 0 aliphatic rings. The maximum Gasteiger partial charge on any atom is 0.164 e. The standard InChI is InChI=1S/C44H26N4OS/c1-2-10-29(11-3-1)42-46-43(30-23-24-39-35(26-30)32-12-4-5-18-38(32)50-39)48-44(47-42)34-15-9-17-37-40(34)33-14-8-13-31(41(33)49-37)27-19-21-28(22-20-27)36-16-6-7-25-45-36/h1-26H. The lowest BCUT2D eigenvalue weighted by Crippen LogP contribution is -2.00. The molecule has 0 fully saturated rings. The first kappa shape index (κ1) is 28.5. The number of nitrogens with zero attached hydrogens (tertiary/aromatic N) is 4. The summed E-state index contributed by atoms with van der Waals surface area (Å²) in [6.45, 7) is 0. The van der Waals surface area contributed by atoms with Crippen molar-refractivity contribution in [3.05, 3.63) is 158 Å². The molecule has 0 amide bonds. The minimum absolute atomic E-state index is 0.600. The van der Waals surface area contributed by atoms with Crippen molar-refractivity contribution in [3.8, 4) is 56.5 Å². The number of aromatic nitrogens is 4. The Morgan fingerprint density at radius 1 is 0.440 bits per heavy atom. The number of hydrogen-bond donors (Lipinski definition) is 0. The molecule has 5 nitrogen and oxygen atoms in total. The van der Waals surface area contributed by atoms with Crippen molar-refractivity contribution in [3.63, 3.8) is 0 Å². The van der Waals surface area contributed by atoms with Crippen LogP contribution in [-0.2, 0) is 0 Å². The highest BCUT2D eigenvalue weighted by Gasteiger charge is 2.20. The second kappa shape index (κ2) is 11.6. The quantitative estimate of drug-likeness (QED) is 0.184. The summed E-state index contributed by atoms with van der Waals surface area (Å²) in [5.41, 5.74) is 8.49. The van der Waals surface area contributed by atoms with Crippen molar-refractivity contribution < 1.29 is 4.42 Å². The van der Waals surface area contributed by atoms with Crippen LogP contribution in [0.4, 0.5) is 0 Å². The van der Waals surface area contributed by atoms with Crippen LogP contribution in [0.15, 0.2) is 162 Å². The number of hydrogen-bond acceptors (Lipinski definition) is 6. The Labute approximate surface area is 291 Å². The van der Waals surface area contributed by atoms with Gasteiger partial charge in [-0.05, 0) is 48.0 Å². The fourth-order valence-electron chi connectivity index (χ4n) is 6.82. The lowest BCUT2D eigenvalue weighted by Gasteiger charge is -2.09. The molecule has 0 bridgehead atoms. The van der Waals surface area contributed by atoms with Crippen LogP contribution in [-0.4, -0.2) is 19.9 Å². The van der Waals surface area contributed by atoms with E-state index in [1.807, 2.05) is 66.9 Å². The van der Waals surface area contributed by atoms with E-state index in [9.17, 15) is 0 Å². The molecule has 0 atom stereocenters. The predicted octanol–water partition coefficient (Wildman–Crippen LogP) is 11.9. The van der Waals surface area contributed by atoms with Gasteiger partial charge in [-0.25, -0.2) is 15.0 Å². The predicted molar refractivity (Wildman–Crippen MR) is 205 cm³/mol. The van der Waals surface area contributed by atoms with E-state index in [2.05, 4.69) is 96.0 Å². The second-order valence-corrected chi connectivity index (χ2v) is 13.3. The van der Waals surface area contributed by atoms with Crippen LogP contribution in [0, 0.1) is 0 Å². The van der Waals surface area contributed by atoms with E-state index in [-0.39, 0.29) is 0 Å². The summed E-state index contributed by atoms with van der Waals surface area (Å²) in [6, 6.07) is 52.0. The van der Waals surface area contributed by atoms with Crippen molar-refractivity contribution in [2.24, 2.45) is 0 Å². The zero-order chi connectivity index (χ0) is 33.0. The third kappa shape index (κ3) is 4.77. The normalized spacial score (nSPS) is 11.6. The smallest absolute Gasteiger partial charge is 0.164 e. The number of pyridine rings is 1. The summed E-state index contributed by atoms with van der Waals surface area (Å²) >= 11 is 1.80. The first-order chi connectivity index (χ1) is 24.8. The summed E-state index contributed by atoms with van der Waals surface area (Å²) in [4.78, 5) is 19.8. The summed E-state index contributed by atoms with van der Waals surface area (Å²) in [5.74, 6) is 1.85. The topological polar surface area (TPSA) is 64.7 Å². The molecular weight excluding hydrogens is 633 g/mol. The van der Waals surface area contributed by atoms with Gasteiger partial charge in [-0.2, -0.15) is 0 Å². The molecule has 0 saturated carbocycles. The van der Waals surface area contributed by atoms with E-state index in [1.54, 1.807) is 11.3 Å².